The highest BCUT2D eigenvalue weighted by molar-refractivity contribution is 6.01. The highest BCUT2D eigenvalue weighted by Gasteiger charge is 2.22. The van der Waals surface area contributed by atoms with Crippen LogP contribution in [0.2, 0.25) is 0 Å². The molecular weight excluding hydrogens is 492 g/mol. The summed E-state index contributed by atoms with van der Waals surface area (Å²) in [6.45, 7) is -0.813. The van der Waals surface area contributed by atoms with E-state index in [2.05, 4.69) is 21.3 Å². The summed E-state index contributed by atoms with van der Waals surface area (Å²) >= 11 is 0. The molecule has 3 aromatic rings. The molecule has 1 unspecified atom stereocenters. The summed E-state index contributed by atoms with van der Waals surface area (Å²) in [6.07, 6.45) is 0.161. The third-order valence-corrected chi connectivity index (χ3v) is 5.34. The smallest absolute Gasteiger partial charge is 0.269 e. The van der Waals surface area contributed by atoms with Crippen LogP contribution in [0.25, 0.3) is 0 Å². The molecule has 0 heterocycles. The summed E-state index contributed by atoms with van der Waals surface area (Å²) in [6, 6.07) is 19.6. The molecule has 12 heteroatoms. The van der Waals surface area contributed by atoms with Gasteiger partial charge < -0.3 is 27.0 Å². The van der Waals surface area contributed by atoms with Gasteiger partial charge in [-0.2, -0.15) is 0 Å². The first-order valence-corrected chi connectivity index (χ1v) is 11.5. The van der Waals surface area contributed by atoms with Gasteiger partial charge in [-0.3, -0.25) is 29.3 Å². The maximum absolute atomic E-state index is 12.9. The predicted molar refractivity (Wildman–Crippen MR) is 140 cm³/mol. The van der Waals surface area contributed by atoms with Crippen LogP contribution in [0.1, 0.15) is 15.9 Å². The van der Waals surface area contributed by atoms with Crippen molar-refractivity contribution in [3.05, 3.63) is 100 Å². The Morgan fingerprint density at radius 2 is 1.45 bits per heavy atom. The quantitative estimate of drug-likeness (QED) is 0.144. The first-order valence-electron chi connectivity index (χ1n) is 11.5. The van der Waals surface area contributed by atoms with Crippen molar-refractivity contribution in [3.8, 4) is 0 Å². The molecule has 0 bridgehead atoms. The summed E-state index contributed by atoms with van der Waals surface area (Å²) in [7, 11) is 0. The summed E-state index contributed by atoms with van der Waals surface area (Å²) < 4.78 is 0. The van der Waals surface area contributed by atoms with Crippen molar-refractivity contribution in [2.24, 2.45) is 0 Å². The summed E-state index contributed by atoms with van der Waals surface area (Å²) in [5.74, 6) is -2.32. The second-order valence-electron chi connectivity index (χ2n) is 8.15. The number of nitrogens with one attached hydrogen (secondary N) is 4. The number of carbonyl (C=O) groups excluding carboxylic acids is 4. The van der Waals surface area contributed by atoms with Gasteiger partial charge in [0.2, 0.25) is 17.7 Å². The number of rotatable bonds is 11. The molecule has 0 spiro atoms. The SMILES string of the molecule is Nc1ccccc1C(=O)NCC(=O)NCC(=O)NC(Cc1ccccc1)C(=O)Nc1ccc([N+](=O)[O-])cc1. The van der Waals surface area contributed by atoms with Gasteiger partial charge in [-0.15, -0.1) is 0 Å². The van der Waals surface area contributed by atoms with Crippen LogP contribution in [0.15, 0.2) is 78.9 Å². The van der Waals surface area contributed by atoms with Crippen LogP contribution in [-0.2, 0) is 20.8 Å². The van der Waals surface area contributed by atoms with Gasteiger partial charge in [0.15, 0.2) is 0 Å². The molecule has 4 amide bonds. The highest BCUT2D eigenvalue weighted by atomic mass is 16.6. The highest BCUT2D eigenvalue weighted by Crippen LogP contribution is 2.16. The Morgan fingerprint density at radius 1 is 0.816 bits per heavy atom. The van der Waals surface area contributed by atoms with E-state index < -0.39 is 41.1 Å². The van der Waals surface area contributed by atoms with E-state index in [1.54, 1.807) is 42.5 Å². The van der Waals surface area contributed by atoms with Crippen molar-refractivity contribution in [1.29, 1.82) is 0 Å². The Balaban J connectivity index is 1.55. The Hall–Kier alpha value is -5.26. The van der Waals surface area contributed by atoms with Crippen LogP contribution in [0.4, 0.5) is 17.1 Å². The second-order valence-corrected chi connectivity index (χ2v) is 8.15. The van der Waals surface area contributed by atoms with E-state index in [1.807, 2.05) is 6.07 Å². The van der Waals surface area contributed by atoms with Crippen LogP contribution in [0.5, 0.6) is 0 Å². The number of anilines is 2. The normalized spacial score (nSPS) is 11.1. The van der Waals surface area contributed by atoms with Crippen LogP contribution in [0, 0.1) is 10.1 Å². The average Bonchev–Trinajstić information content (AvgIpc) is 2.91. The molecule has 0 aromatic heterocycles. The third-order valence-electron chi connectivity index (χ3n) is 5.34. The standard InChI is InChI=1S/C26H26N6O6/c27-21-9-5-4-8-20(21)25(35)29-15-23(33)28-16-24(34)31-22(14-17-6-2-1-3-7-17)26(36)30-18-10-12-19(13-11-18)32(37)38/h1-13,22H,14-16,27H2,(H,28,33)(H,29,35)(H,30,36)(H,31,34). The van der Waals surface area contributed by atoms with E-state index in [-0.39, 0.29) is 29.9 Å². The van der Waals surface area contributed by atoms with E-state index >= 15 is 0 Å². The minimum absolute atomic E-state index is 0.128. The van der Waals surface area contributed by atoms with Gasteiger partial charge in [-0.05, 0) is 29.8 Å². The third kappa shape index (κ3) is 8.16. The molecule has 0 radical (unpaired) electrons. The topological polar surface area (TPSA) is 186 Å². The van der Waals surface area contributed by atoms with Gasteiger partial charge in [0.1, 0.15) is 6.04 Å². The van der Waals surface area contributed by atoms with Crippen molar-refractivity contribution in [2.45, 2.75) is 12.5 Å². The summed E-state index contributed by atoms with van der Waals surface area (Å²) in [4.78, 5) is 60.1. The largest absolute Gasteiger partial charge is 0.398 e. The second kappa shape index (κ2) is 13.2. The molecule has 0 fully saturated rings. The maximum atomic E-state index is 12.9. The molecule has 196 valence electrons. The lowest BCUT2D eigenvalue weighted by Gasteiger charge is -2.19. The van der Waals surface area contributed by atoms with E-state index in [9.17, 15) is 29.3 Å². The summed E-state index contributed by atoms with van der Waals surface area (Å²) in [5, 5.41) is 20.9. The van der Waals surface area contributed by atoms with Crippen molar-refractivity contribution in [3.63, 3.8) is 0 Å². The minimum atomic E-state index is -1.00. The monoisotopic (exact) mass is 518 g/mol. The predicted octanol–water partition coefficient (Wildman–Crippen LogP) is 1.39. The molecule has 1 atom stereocenters. The number of nitrogens with two attached hydrogens (primary N) is 1. The molecule has 3 rings (SSSR count). The zero-order valence-electron chi connectivity index (χ0n) is 20.2. The fraction of sp³-hybridized carbons (Fsp3) is 0.154. The van der Waals surface area contributed by atoms with Gasteiger partial charge in [0, 0.05) is 29.9 Å². The number of nitro groups is 1. The average molecular weight is 519 g/mol. The molecule has 0 aliphatic rings. The number of nitrogen functional groups attached to an aromatic ring is 1. The van der Waals surface area contributed by atoms with E-state index in [0.29, 0.717) is 5.69 Å². The molecular formula is C26H26N6O6. The lowest BCUT2D eigenvalue weighted by atomic mass is 10.0. The van der Waals surface area contributed by atoms with Crippen molar-refractivity contribution >= 4 is 40.7 Å². The van der Waals surface area contributed by atoms with Crippen LogP contribution in [0.3, 0.4) is 0 Å². The molecule has 38 heavy (non-hydrogen) atoms. The fourth-order valence-corrected chi connectivity index (χ4v) is 3.40. The number of benzene rings is 3. The Kier molecular flexibility index (Phi) is 9.46. The van der Waals surface area contributed by atoms with E-state index in [4.69, 9.17) is 5.73 Å². The van der Waals surface area contributed by atoms with E-state index in [0.717, 1.165) is 5.56 Å². The van der Waals surface area contributed by atoms with Gasteiger partial charge in [-0.25, -0.2) is 0 Å². The number of nitrogens with zero attached hydrogens (tertiary/aromatic N) is 1. The number of amides is 4. The van der Waals surface area contributed by atoms with Crippen molar-refractivity contribution in [2.75, 3.05) is 24.1 Å². The Morgan fingerprint density at radius 3 is 2.11 bits per heavy atom. The number of hydrogen-bond acceptors (Lipinski definition) is 7. The number of nitro benzene ring substituents is 1. The molecule has 12 nitrogen and oxygen atoms in total. The molecule has 0 saturated heterocycles. The first-order chi connectivity index (χ1) is 18.2. The van der Waals surface area contributed by atoms with Gasteiger partial charge in [0.25, 0.3) is 11.6 Å². The first kappa shape index (κ1) is 27.3. The lowest BCUT2D eigenvalue weighted by Crippen LogP contribution is -2.49. The van der Waals surface area contributed by atoms with Gasteiger partial charge >= 0.3 is 0 Å². The molecule has 0 saturated carbocycles. The van der Waals surface area contributed by atoms with E-state index in [1.165, 1.54) is 30.3 Å². The lowest BCUT2D eigenvalue weighted by molar-refractivity contribution is -0.384. The molecule has 0 aliphatic heterocycles. The van der Waals surface area contributed by atoms with Gasteiger partial charge in [0.05, 0.1) is 23.6 Å². The number of para-hydroxylation sites is 1. The van der Waals surface area contributed by atoms with Crippen molar-refractivity contribution in [1.82, 2.24) is 16.0 Å². The van der Waals surface area contributed by atoms with Crippen LogP contribution < -0.4 is 27.0 Å². The number of hydrogen-bond donors (Lipinski definition) is 5. The van der Waals surface area contributed by atoms with Gasteiger partial charge in [-0.1, -0.05) is 42.5 Å². The van der Waals surface area contributed by atoms with Crippen molar-refractivity contribution < 1.29 is 24.1 Å². The summed E-state index contributed by atoms with van der Waals surface area (Å²) in [5.41, 5.74) is 7.20. The Labute approximate surface area is 217 Å². The minimum Gasteiger partial charge on any atom is -0.398 e. The Bertz CT molecular complexity index is 1310. The van der Waals surface area contributed by atoms with Crippen LogP contribution >= 0.6 is 0 Å². The number of non-ortho nitro benzene ring substituents is 1. The zero-order valence-corrected chi connectivity index (χ0v) is 20.2. The number of carbonyl (C=O) groups is 4. The maximum Gasteiger partial charge on any atom is 0.269 e. The zero-order chi connectivity index (χ0) is 27.5. The molecule has 3 aromatic carbocycles. The molecule has 6 N–H and O–H groups in total. The van der Waals surface area contributed by atoms with Crippen LogP contribution in [-0.4, -0.2) is 47.7 Å². The molecule has 0 aliphatic carbocycles. The fourth-order valence-electron chi connectivity index (χ4n) is 3.40.